The van der Waals surface area contributed by atoms with Crippen molar-refractivity contribution in [3.63, 3.8) is 0 Å². The number of aryl methyl sites for hydroxylation is 1. The van der Waals surface area contributed by atoms with Gasteiger partial charge in [0, 0.05) is 0 Å². The second-order valence-corrected chi connectivity index (χ2v) is 5.65. The van der Waals surface area contributed by atoms with Gasteiger partial charge in [0.1, 0.15) is 0 Å². The van der Waals surface area contributed by atoms with Crippen LogP contribution in [0.1, 0.15) is 21.7 Å². The van der Waals surface area contributed by atoms with Crippen molar-refractivity contribution in [3.05, 3.63) is 53.5 Å². The topological polar surface area (TPSA) is 100 Å². The molecule has 0 atom stereocenters. The second kappa shape index (κ2) is 5.19. The largest absolute Gasteiger partial charge is 0.459 e. The van der Waals surface area contributed by atoms with Crippen LogP contribution in [0.4, 0.5) is 0 Å². The van der Waals surface area contributed by atoms with Crippen LogP contribution in [0, 0.1) is 18.3 Å². The first kappa shape index (κ1) is 13.8. The Kier molecular flexibility index (Phi) is 3.59. The molecule has 1 amide bonds. The van der Waals surface area contributed by atoms with Gasteiger partial charge in [0.05, 0.1) is 22.8 Å². The summed E-state index contributed by atoms with van der Waals surface area (Å²) >= 11 is 0. The van der Waals surface area contributed by atoms with E-state index in [4.69, 9.17) is 9.68 Å². The first-order chi connectivity index (χ1) is 9.44. The summed E-state index contributed by atoms with van der Waals surface area (Å²) in [6.45, 7) is 1.58. The molecule has 0 spiro atoms. The number of rotatable bonds is 3. The number of hydrogen-bond acceptors (Lipinski definition) is 5. The Hall–Kier alpha value is -2.59. The molecule has 0 bridgehead atoms. The standard InChI is InChI=1S/C13H10N2O4S/c1-9-4-5-10(8-14)7-12(9)20(17,18)15-13(16)11-3-2-6-19-11/h2-7H,1H3,(H,15,16). The highest BCUT2D eigenvalue weighted by Gasteiger charge is 2.22. The van der Waals surface area contributed by atoms with E-state index >= 15 is 0 Å². The van der Waals surface area contributed by atoms with Crippen LogP contribution in [0.5, 0.6) is 0 Å². The third-order valence-electron chi connectivity index (χ3n) is 2.58. The lowest BCUT2D eigenvalue weighted by Gasteiger charge is -2.08. The van der Waals surface area contributed by atoms with Crippen LogP contribution in [0.15, 0.2) is 45.9 Å². The SMILES string of the molecule is Cc1ccc(C#N)cc1S(=O)(=O)NC(=O)c1ccco1. The van der Waals surface area contributed by atoms with E-state index < -0.39 is 15.9 Å². The summed E-state index contributed by atoms with van der Waals surface area (Å²) in [6.07, 6.45) is 1.27. The lowest BCUT2D eigenvalue weighted by atomic mass is 10.2. The molecule has 7 heteroatoms. The minimum Gasteiger partial charge on any atom is -0.459 e. The van der Waals surface area contributed by atoms with Crippen LogP contribution in [-0.4, -0.2) is 14.3 Å². The molecular formula is C13H10N2O4S. The number of sulfonamides is 1. The minimum atomic E-state index is -4.06. The molecule has 6 nitrogen and oxygen atoms in total. The third-order valence-corrected chi connectivity index (χ3v) is 4.05. The molecule has 1 aromatic heterocycles. The van der Waals surface area contributed by atoms with Gasteiger partial charge in [-0.05, 0) is 36.8 Å². The molecule has 0 aliphatic carbocycles. The first-order valence-electron chi connectivity index (χ1n) is 5.55. The van der Waals surface area contributed by atoms with E-state index in [1.165, 1.54) is 36.6 Å². The summed E-state index contributed by atoms with van der Waals surface area (Å²) in [5.41, 5.74) is 0.630. The van der Waals surface area contributed by atoms with E-state index in [-0.39, 0.29) is 16.2 Å². The summed E-state index contributed by atoms with van der Waals surface area (Å²) in [5.74, 6) is -0.973. The maximum atomic E-state index is 12.1. The van der Waals surface area contributed by atoms with Crippen molar-refractivity contribution in [2.24, 2.45) is 0 Å². The average molecular weight is 290 g/mol. The molecule has 0 aliphatic rings. The molecule has 1 heterocycles. The van der Waals surface area contributed by atoms with Gasteiger partial charge in [-0.3, -0.25) is 4.79 Å². The van der Waals surface area contributed by atoms with Crippen LogP contribution in [0.25, 0.3) is 0 Å². The zero-order valence-corrected chi connectivity index (χ0v) is 11.3. The van der Waals surface area contributed by atoms with Crippen LogP contribution in [-0.2, 0) is 10.0 Å². The fourth-order valence-corrected chi connectivity index (χ4v) is 2.82. The molecule has 0 saturated carbocycles. The van der Waals surface area contributed by atoms with Crippen LogP contribution in [0.3, 0.4) is 0 Å². The predicted octanol–water partition coefficient (Wildman–Crippen LogP) is 1.58. The Balaban J connectivity index is 2.36. The molecule has 1 N–H and O–H groups in total. The fraction of sp³-hybridized carbons (Fsp3) is 0.0769. The van der Waals surface area contributed by atoms with Gasteiger partial charge in [0.25, 0.3) is 10.0 Å². The number of hydrogen-bond donors (Lipinski definition) is 1. The van der Waals surface area contributed by atoms with Gasteiger partial charge >= 0.3 is 5.91 Å². The Morgan fingerprint density at radius 1 is 1.35 bits per heavy atom. The van der Waals surface area contributed by atoms with E-state index in [1.54, 1.807) is 6.92 Å². The van der Waals surface area contributed by atoms with E-state index in [1.807, 2.05) is 10.8 Å². The lowest BCUT2D eigenvalue weighted by molar-refractivity contribution is 0.0954. The molecule has 0 fully saturated rings. The van der Waals surface area contributed by atoms with Crippen molar-refractivity contribution in [3.8, 4) is 6.07 Å². The van der Waals surface area contributed by atoms with E-state index in [0.717, 1.165) is 0 Å². The molecule has 0 radical (unpaired) electrons. The van der Waals surface area contributed by atoms with Gasteiger partial charge in [0.15, 0.2) is 5.76 Å². The van der Waals surface area contributed by atoms with Crippen molar-refractivity contribution in [1.82, 2.24) is 4.72 Å². The van der Waals surface area contributed by atoms with Gasteiger partial charge in [-0.2, -0.15) is 5.26 Å². The molecular weight excluding hydrogens is 280 g/mol. The van der Waals surface area contributed by atoms with Gasteiger partial charge < -0.3 is 4.42 Å². The molecule has 1 aromatic carbocycles. The number of amides is 1. The summed E-state index contributed by atoms with van der Waals surface area (Å²) in [4.78, 5) is 11.6. The maximum absolute atomic E-state index is 12.1. The Morgan fingerprint density at radius 2 is 2.10 bits per heavy atom. The molecule has 20 heavy (non-hydrogen) atoms. The van der Waals surface area contributed by atoms with Crippen molar-refractivity contribution in [1.29, 1.82) is 5.26 Å². The summed E-state index contributed by atoms with van der Waals surface area (Å²) in [7, 11) is -4.06. The highest BCUT2D eigenvalue weighted by Crippen LogP contribution is 2.17. The zero-order chi connectivity index (χ0) is 14.8. The number of carbonyl (C=O) groups is 1. The number of nitrogens with zero attached hydrogens (tertiary/aromatic N) is 1. The minimum absolute atomic E-state index is 0.109. The summed E-state index contributed by atoms with van der Waals surface area (Å²) < 4.78 is 31.0. The fourth-order valence-electron chi connectivity index (χ4n) is 1.59. The molecule has 0 saturated heterocycles. The summed E-state index contributed by atoms with van der Waals surface area (Å²) in [5, 5.41) is 8.80. The Morgan fingerprint density at radius 3 is 2.70 bits per heavy atom. The molecule has 0 unspecified atom stereocenters. The van der Waals surface area contributed by atoms with Crippen molar-refractivity contribution in [2.75, 3.05) is 0 Å². The van der Waals surface area contributed by atoms with E-state index in [9.17, 15) is 13.2 Å². The van der Waals surface area contributed by atoms with Crippen LogP contribution < -0.4 is 4.72 Å². The van der Waals surface area contributed by atoms with Gasteiger partial charge in [-0.25, -0.2) is 13.1 Å². The Labute approximate surface area is 115 Å². The number of nitriles is 1. The zero-order valence-electron chi connectivity index (χ0n) is 10.5. The molecule has 2 rings (SSSR count). The third kappa shape index (κ3) is 2.70. The summed E-state index contributed by atoms with van der Waals surface area (Å²) in [6, 6.07) is 8.90. The molecule has 102 valence electrons. The number of furan rings is 1. The van der Waals surface area contributed by atoms with Crippen molar-refractivity contribution >= 4 is 15.9 Å². The highest BCUT2D eigenvalue weighted by molar-refractivity contribution is 7.90. The van der Waals surface area contributed by atoms with Crippen LogP contribution >= 0.6 is 0 Å². The normalized spacial score (nSPS) is 10.8. The number of benzene rings is 1. The monoisotopic (exact) mass is 290 g/mol. The van der Waals surface area contributed by atoms with E-state index in [0.29, 0.717) is 5.56 Å². The molecule has 0 aliphatic heterocycles. The average Bonchev–Trinajstić information content (AvgIpc) is 2.92. The smallest absolute Gasteiger partial charge is 0.300 e. The number of carbonyl (C=O) groups excluding carboxylic acids is 1. The second-order valence-electron chi connectivity index (χ2n) is 4.00. The van der Waals surface area contributed by atoms with Gasteiger partial charge in [0.2, 0.25) is 0 Å². The maximum Gasteiger partial charge on any atom is 0.300 e. The highest BCUT2D eigenvalue weighted by atomic mass is 32.2. The van der Waals surface area contributed by atoms with Crippen molar-refractivity contribution in [2.45, 2.75) is 11.8 Å². The van der Waals surface area contributed by atoms with Gasteiger partial charge in [-0.15, -0.1) is 0 Å². The first-order valence-corrected chi connectivity index (χ1v) is 7.04. The molecule has 2 aromatic rings. The van der Waals surface area contributed by atoms with Crippen LogP contribution in [0.2, 0.25) is 0 Å². The van der Waals surface area contributed by atoms with Gasteiger partial charge in [-0.1, -0.05) is 6.07 Å². The predicted molar refractivity (Wildman–Crippen MR) is 69.3 cm³/mol. The van der Waals surface area contributed by atoms with E-state index in [2.05, 4.69) is 0 Å². The van der Waals surface area contributed by atoms with Crippen molar-refractivity contribution < 1.29 is 17.6 Å². The Bertz CT molecular complexity index is 786. The quantitative estimate of drug-likeness (QED) is 0.924. The lowest BCUT2D eigenvalue weighted by Crippen LogP contribution is -2.30. The number of nitrogens with one attached hydrogen (secondary N) is 1.